The van der Waals surface area contributed by atoms with E-state index in [-0.39, 0.29) is 17.2 Å². The predicted octanol–water partition coefficient (Wildman–Crippen LogP) is 1.41. The molecule has 2 aliphatic heterocycles. The number of imidazole rings is 1. The van der Waals surface area contributed by atoms with E-state index in [9.17, 15) is 9.59 Å². The molecule has 8 nitrogen and oxygen atoms in total. The zero-order chi connectivity index (χ0) is 19.6. The van der Waals surface area contributed by atoms with Crippen molar-refractivity contribution >= 4 is 11.8 Å². The number of nitrogens with zero attached hydrogens (tertiary/aromatic N) is 6. The second kappa shape index (κ2) is 7.69. The molecule has 0 saturated carbocycles. The molecule has 0 bridgehead atoms. The number of hydrogen-bond acceptors (Lipinski definition) is 5. The third kappa shape index (κ3) is 4.05. The van der Waals surface area contributed by atoms with Crippen molar-refractivity contribution in [2.24, 2.45) is 5.41 Å². The third-order valence-corrected chi connectivity index (χ3v) is 5.83. The van der Waals surface area contributed by atoms with Gasteiger partial charge in [0.1, 0.15) is 6.54 Å². The number of likely N-dealkylation sites (tertiary alicyclic amines) is 2. The summed E-state index contributed by atoms with van der Waals surface area (Å²) in [5, 5.41) is 0. The number of rotatable bonds is 4. The van der Waals surface area contributed by atoms with Crippen LogP contribution in [0.5, 0.6) is 0 Å². The van der Waals surface area contributed by atoms with Crippen molar-refractivity contribution < 1.29 is 9.59 Å². The van der Waals surface area contributed by atoms with Crippen molar-refractivity contribution in [3.8, 4) is 0 Å². The van der Waals surface area contributed by atoms with Crippen LogP contribution in [-0.4, -0.2) is 60.8 Å². The van der Waals surface area contributed by atoms with Crippen LogP contribution < -0.4 is 0 Å². The van der Waals surface area contributed by atoms with E-state index in [2.05, 4.69) is 15.0 Å². The SMILES string of the molecule is Cc1cnc(CN2CC3(CCCN(C(=O)Cn4ccnc4)C3)CCC2=O)cn1. The maximum Gasteiger partial charge on any atom is 0.242 e. The van der Waals surface area contributed by atoms with E-state index in [1.54, 1.807) is 35.7 Å². The van der Waals surface area contributed by atoms with Crippen LogP contribution in [0.2, 0.25) is 0 Å². The van der Waals surface area contributed by atoms with Gasteiger partial charge in [-0.05, 0) is 26.2 Å². The number of carbonyl (C=O) groups excluding carboxylic acids is 2. The van der Waals surface area contributed by atoms with Crippen molar-refractivity contribution in [2.75, 3.05) is 19.6 Å². The second-order valence-corrected chi connectivity index (χ2v) is 8.05. The minimum atomic E-state index is -0.0190. The molecular weight excluding hydrogens is 356 g/mol. The highest BCUT2D eigenvalue weighted by Crippen LogP contribution is 2.39. The lowest BCUT2D eigenvalue weighted by molar-refractivity contribution is -0.144. The molecule has 8 heteroatoms. The number of piperidine rings is 2. The molecule has 0 N–H and O–H groups in total. The van der Waals surface area contributed by atoms with Gasteiger partial charge in [-0.25, -0.2) is 4.98 Å². The lowest BCUT2D eigenvalue weighted by Crippen LogP contribution is -2.55. The van der Waals surface area contributed by atoms with Crippen LogP contribution in [0.4, 0.5) is 0 Å². The maximum absolute atomic E-state index is 12.7. The number of aryl methyl sites for hydroxylation is 1. The van der Waals surface area contributed by atoms with Gasteiger partial charge in [-0.2, -0.15) is 0 Å². The fourth-order valence-corrected chi connectivity index (χ4v) is 4.33. The molecule has 0 radical (unpaired) electrons. The number of hydrogen-bond donors (Lipinski definition) is 0. The van der Waals surface area contributed by atoms with E-state index >= 15 is 0 Å². The van der Waals surface area contributed by atoms with Crippen LogP contribution in [-0.2, 0) is 22.7 Å². The van der Waals surface area contributed by atoms with Crippen LogP contribution in [0, 0.1) is 12.3 Å². The highest BCUT2D eigenvalue weighted by molar-refractivity contribution is 5.78. The van der Waals surface area contributed by atoms with Gasteiger partial charge < -0.3 is 14.4 Å². The Morgan fingerprint density at radius 2 is 2.11 bits per heavy atom. The summed E-state index contributed by atoms with van der Waals surface area (Å²) in [7, 11) is 0. The van der Waals surface area contributed by atoms with Crippen LogP contribution in [0.1, 0.15) is 37.1 Å². The van der Waals surface area contributed by atoms with Crippen molar-refractivity contribution in [3.63, 3.8) is 0 Å². The molecule has 1 spiro atoms. The van der Waals surface area contributed by atoms with Gasteiger partial charge in [0.2, 0.25) is 11.8 Å². The lowest BCUT2D eigenvalue weighted by Gasteiger charge is -2.48. The first-order valence-electron chi connectivity index (χ1n) is 9.82. The molecule has 1 unspecified atom stereocenters. The van der Waals surface area contributed by atoms with Crippen LogP contribution in [0.25, 0.3) is 0 Å². The molecule has 0 aromatic carbocycles. The topological polar surface area (TPSA) is 84.2 Å². The molecule has 4 rings (SSSR count). The Hall–Kier alpha value is -2.77. The number of carbonyl (C=O) groups is 2. The van der Waals surface area contributed by atoms with Crippen LogP contribution in [0.15, 0.2) is 31.1 Å². The van der Waals surface area contributed by atoms with Gasteiger partial charge >= 0.3 is 0 Å². The molecule has 0 aliphatic carbocycles. The highest BCUT2D eigenvalue weighted by atomic mass is 16.2. The molecule has 2 aliphatic rings. The van der Waals surface area contributed by atoms with Gasteiger partial charge in [-0.3, -0.25) is 19.6 Å². The van der Waals surface area contributed by atoms with E-state index in [4.69, 9.17) is 0 Å². The largest absolute Gasteiger partial charge is 0.341 e. The molecule has 2 amide bonds. The van der Waals surface area contributed by atoms with Crippen LogP contribution >= 0.6 is 0 Å². The summed E-state index contributed by atoms with van der Waals surface area (Å²) in [6, 6.07) is 0. The fourth-order valence-electron chi connectivity index (χ4n) is 4.33. The Balaban J connectivity index is 1.43. The van der Waals surface area contributed by atoms with Crippen molar-refractivity contribution in [1.82, 2.24) is 29.3 Å². The monoisotopic (exact) mass is 382 g/mol. The first-order valence-corrected chi connectivity index (χ1v) is 9.82. The first-order chi connectivity index (χ1) is 13.5. The summed E-state index contributed by atoms with van der Waals surface area (Å²) in [6.07, 6.45) is 12.0. The molecule has 4 heterocycles. The standard InChI is InChI=1S/C20H26N6O2/c1-16-9-23-17(10-22-16)11-26-14-20(5-3-18(26)27)4-2-7-25(13-20)19(28)12-24-8-6-21-15-24/h6,8-10,15H,2-5,7,11-14H2,1H3. The summed E-state index contributed by atoms with van der Waals surface area (Å²) in [5.74, 6) is 0.278. The first kappa shape index (κ1) is 18.6. The number of amides is 2. The summed E-state index contributed by atoms with van der Waals surface area (Å²) in [6.45, 7) is 4.87. The Kier molecular flexibility index (Phi) is 5.11. The Bertz CT molecular complexity index is 835. The quantitative estimate of drug-likeness (QED) is 0.798. The van der Waals surface area contributed by atoms with E-state index in [1.807, 2.05) is 16.7 Å². The normalized spacial score (nSPS) is 22.7. The van der Waals surface area contributed by atoms with Gasteiger partial charge in [0, 0.05) is 50.1 Å². The summed E-state index contributed by atoms with van der Waals surface area (Å²) >= 11 is 0. The average molecular weight is 382 g/mol. The fraction of sp³-hybridized carbons (Fsp3) is 0.550. The van der Waals surface area contributed by atoms with Crippen molar-refractivity contribution in [3.05, 3.63) is 42.5 Å². The molecule has 2 saturated heterocycles. The maximum atomic E-state index is 12.7. The highest BCUT2D eigenvalue weighted by Gasteiger charge is 2.42. The molecule has 2 aromatic rings. The minimum absolute atomic E-state index is 0.0190. The zero-order valence-electron chi connectivity index (χ0n) is 16.3. The Labute approximate surface area is 164 Å². The van der Waals surface area contributed by atoms with E-state index < -0.39 is 0 Å². The molecule has 28 heavy (non-hydrogen) atoms. The summed E-state index contributed by atoms with van der Waals surface area (Å²) in [5.41, 5.74) is 1.65. The van der Waals surface area contributed by atoms with Gasteiger partial charge in [-0.1, -0.05) is 0 Å². The second-order valence-electron chi connectivity index (χ2n) is 8.05. The van der Waals surface area contributed by atoms with Gasteiger partial charge in [0.15, 0.2) is 0 Å². The Morgan fingerprint density at radius 3 is 2.86 bits per heavy atom. The number of aromatic nitrogens is 4. The van der Waals surface area contributed by atoms with Crippen LogP contribution in [0.3, 0.4) is 0 Å². The molecule has 1 atom stereocenters. The predicted molar refractivity (Wildman–Crippen MR) is 102 cm³/mol. The smallest absolute Gasteiger partial charge is 0.242 e. The average Bonchev–Trinajstić information content (AvgIpc) is 3.20. The van der Waals surface area contributed by atoms with E-state index in [0.717, 1.165) is 37.2 Å². The van der Waals surface area contributed by atoms with Gasteiger partial charge in [0.05, 0.1) is 30.5 Å². The summed E-state index contributed by atoms with van der Waals surface area (Å²) < 4.78 is 1.80. The third-order valence-electron chi connectivity index (χ3n) is 5.83. The molecule has 148 valence electrons. The lowest BCUT2D eigenvalue weighted by atomic mass is 9.73. The van der Waals surface area contributed by atoms with Crippen molar-refractivity contribution in [1.29, 1.82) is 0 Å². The van der Waals surface area contributed by atoms with Gasteiger partial charge in [-0.15, -0.1) is 0 Å². The Morgan fingerprint density at radius 1 is 1.21 bits per heavy atom. The van der Waals surface area contributed by atoms with E-state index in [1.165, 1.54) is 0 Å². The molecule has 2 fully saturated rings. The van der Waals surface area contributed by atoms with Gasteiger partial charge in [0.25, 0.3) is 0 Å². The molecule has 2 aromatic heterocycles. The van der Waals surface area contributed by atoms with E-state index in [0.29, 0.717) is 32.6 Å². The minimum Gasteiger partial charge on any atom is -0.341 e. The van der Waals surface area contributed by atoms with Crippen molar-refractivity contribution in [2.45, 2.75) is 45.7 Å². The zero-order valence-corrected chi connectivity index (χ0v) is 16.3. The molecular formula is C20H26N6O2. The summed E-state index contributed by atoms with van der Waals surface area (Å²) in [4.78, 5) is 41.8.